The number of carbonyl (C=O) groups excluding carboxylic acids is 1. The lowest BCUT2D eigenvalue weighted by atomic mass is 9.84. The summed E-state index contributed by atoms with van der Waals surface area (Å²) in [6.07, 6.45) is 5.66. The van der Waals surface area contributed by atoms with Crippen LogP contribution in [0, 0.1) is 5.92 Å². The molecule has 1 saturated carbocycles. The summed E-state index contributed by atoms with van der Waals surface area (Å²) in [5.74, 6) is 0.640. The van der Waals surface area contributed by atoms with E-state index in [0.717, 1.165) is 38.8 Å². The summed E-state index contributed by atoms with van der Waals surface area (Å²) in [4.78, 5) is 14.4. The number of piperidine rings is 1. The lowest BCUT2D eigenvalue weighted by Gasteiger charge is -2.41. The van der Waals surface area contributed by atoms with Gasteiger partial charge in [-0.3, -0.25) is 9.69 Å². The van der Waals surface area contributed by atoms with Gasteiger partial charge in [0, 0.05) is 30.6 Å². The summed E-state index contributed by atoms with van der Waals surface area (Å²) in [6.45, 7) is 9.01. The van der Waals surface area contributed by atoms with Crippen molar-refractivity contribution in [3.05, 3.63) is 0 Å². The van der Waals surface area contributed by atoms with Gasteiger partial charge in [-0.05, 0) is 46.5 Å². The van der Waals surface area contributed by atoms with Crippen LogP contribution in [0.3, 0.4) is 0 Å². The molecule has 2 fully saturated rings. The van der Waals surface area contributed by atoms with Gasteiger partial charge in [0.25, 0.3) is 0 Å². The minimum Gasteiger partial charge on any atom is -0.353 e. The normalized spacial score (nSPS) is 24.4. The van der Waals surface area contributed by atoms with E-state index in [9.17, 15) is 4.79 Å². The molecule has 1 N–H and O–H groups in total. The van der Waals surface area contributed by atoms with E-state index < -0.39 is 0 Å². The Kier molecular flexibility index (Phi) is 3.76. The molecular weight excluding hydrogens is 212 g/mol. The maximum Gasteiger partial charge on any atom is 0.223 e. The van der Waals surface area contributed by atoms with E-state index in [1.807, 2.05) is 0 Å². The minimum absolute atomic E-state index is 0.267. The molecule has 3 heteroatoms. The first-order valence-corrected chi connectivity index (χ1v) is 7.02. The summed E-state index contributed by atoms with van der Waals surface area (Å²) >= 11 is 0. The van der Waals surface area contributed by atoms with Crippen LogP contribution in [0.2, 0.25) is 0 Å². The van der Waals surface area contributed by atoms with Crippen molar-refractivity contribution in [1.82, 2.24) is 10.2 Å². The average molecular weight is 238 g/mol. The topological polar surface area (TPSA) is 32.3 Å². The molecule has 0 atom stereocenters. The van der Waals surface area contributed by atoms with Gasteiger partial charge in [-0.1, -0.05) is 6.42 Å². The quantitative estimate of drug-likeness (QED) is 0.799. The molecule has 0 radical (unpaired) electrons. The Hall–Kier alpha value is -0.570. The van der Waals surface area contributed by atoms with Gasteiger partial charge in [0.1, 0.15) is 0 Å². The predicted octanol–water partition coefficient (Wildman–Crippen LogP) is 2.17. The lowest BCUT2D eigenvalue weighted by molar-refractivity contribution is -0.128. The van der Waals surface area contributed by atoms with Crippen molar-refractivity contribution in [2.75, 3.05) is 13.1 Å². The van der Waals surface area contributed by atoms with Gasteiger partial charge in [-0.15, -0.1) is 0 Å². The number of carbonyl (C=O) groups is 1. The highest BCUT2D eigenvalue weighted by atomic mass is 16.2. The van der Waals surface area contributed by atoms with Crippen LogP contribution in [-0.4, -0.2) is 35.5 Å². The highest BCUT2D eigenvalue weighted by Crippen LogP contribution is 2.27. The first-order chi connectivity index (χ1) is 7.97. The molecule has 0 aromatic carbocycles. The van der Waals surface area contributed by atoms with Crippen molar-refractivity contribution in [2.45, 2.75) is 64.5 Å². The van der Waals surface area contributed by atoms with Gasteiger partial charge < -0.3 is 5.32 Å². The Morgan fingerprint density at radius 1 is 1.12 bits per heavy atom. The van der Waals surface area contributed by atoms with Crippen LogP contribution in [0.15, 0.2) is 0 Å². The monoisotopic (exact) mass is 238 g/mol. The number of amides is 1. The Morgan fingerprint density at radius 2 is 1.71 bits per heavy atom. The second-order valence-corrected chi connectivity index (χ2v) is 6.57. The summed E-state index contributed by atoms with van der Waals surface area (Å²) < 4.78 is 0. The van der Waals surface area contributed by atoms with E-state index in [1.54, 1.807) is 0 Å². The number of hydrogen-bond acceptors (Lipinski definition) is 2. The molecule has 1 heterocycles. The fraction of sp³-hybridized carbons (Fsp3) is 0.929. The molecule has 17 heavy (non-hydrogen) atoms. The van der Waals surface area contributed by atoms with E-state index in [1.165, 1.54) is 6.42 Å². The molecule has 3 nitrogen and oxygen atoms in total. The number of rotatable bonds is 2. The largest absolute Gasteiger partial charge is 0.353 e. The van der Waals surface area contributed by atoms with Crippen molar-refractivity contribution < 1.29 is 4.79 Å². The Morgan fingerprint density at radius 3 is 2.12 bits per heavy atom. The third-order valence-corrected chi connectivity index (χ3v) is 4.27. The molecule has 98 valence electrons. The number of hydrogen-bond donors (Lipinski definition) is 1. The third kappa shape index (κ3) is 3.21. The first-order valence-electron chi connectivity index (χ1n) is 7.02. The first kappa shape index (κ1) is 12.9. The zero-order valence-electron chi connectivity index (χ0n) is 11.5. The number of likely N-dealkylation sites (tertiary alicyclic amines) is 1. The lowest BCUT2D eigenvalue weighted by Crippen LogP contribution is -2.51. The van der Waals surface area contributed by atoms with Crippen LogP contribution in [0.4, 0.5) is 0 Å². The fourth-order valence-corrected chi connectivity index (χ4v) is 2.68. The van der Waals surface area contributed by atoms with E-state index >= 15 is 0 Å². The van der Waals surface area contributed by atoms with Crippen LogP contribution < -0.4 is 5.32 Å². The molecule has 0 aromatic heterocycles. The Bertz CT molecular complexity index is 270. The molecule has 2 aliphatic rings. The maximum absolute atomic E-state index is 11.8. The summed E-state index contributed by atoms with van der Waals surface area (Å²) in [5, 5.41) is 3.23. The second kappa shape index (κ2) is 4.97. The van der Waals surface area contributed by atoms with Crippen LogP contribution in [-0.2, 0) is 4.79 Å². The van der Waals surface area contributed by atoms with Gasteiger partial charge in [-0.2, -0.15) is 0 Å². The zero-order valence-corrected chi connectivity index (χ0v) is 11.5. The SMILES string of the molecule is CC(C)(C)N1CCC(NC(=O)C2CCC2)CC1. The maximum atomic E-state index is 11.8. The van der Waals surface area contributed by atoms with Gasteiger partial charge in [0.15, 0.2) is 0 Å². The van der Waals surface area contributed by atoms with Crippen molar-refractivity contribution in [3.8, 4) is 0 Å². The standard InChI is InChI=1S/C14H26N2O/c1-14(2,3)16-9-7-12(8-10-16)15-13(17)11-5-4-6-11/h11-12H,4-10H2,1-3H3,(H,15,17). The minimum atomic E-state index is 0.267. The highest BCUT2D eigenvalue weighted by molar-refractivity contribution is 5.79. The van der Waals surface area contributed by atoms with Crippen molar-refractivity contribution in [3.63, 3.8) is 0 Å². The van der Waals surface area contributed by atoms with Crippen LogP contribution in [0.5, 0.6) is 0 Å². The highest BCUT2D eigenvalue weighted by Gasteiger charge is 2.30. The molecule has 0 unspecified atom stereocenters. The van der Waals surface area contributed by atoms with Gasteiger partial charge in [0.2, 0.25) is 5.91 Å². The molecule has 0 spiro atoms. The molecule has 1 aliphatic carbocycles. The van der Waals surface area contributed by atoms with Crippen molar-refractivity contribution >= 4 is 5.91 Å². The molecule has 2 rings (SSSR count). The Labute approximate surface area is 105 Å². The van der Waals surface area contributed by atoms with Crippen LogP contribution in [0.25, 0.3) is 0 Å². The summed E-state index contributed by atoms with van der Waals surface area (Å²) in [7, 11) is 0. The molecule has 0 bridgehead atoms. The summed E-state index contributed by atoms with van der Waals surface area (Å²) in [5.41, 5.74) is 0.267. The van der Waals surface area contributed by atoms with Gasteiger partial charge >= 0.3 is 0 Å². The van der Waals surface area contributed by atoms with Crippen molar-refractivity contribution in [1.29, 1.82) is 0 Å². The second-order valence-electron chi connectivity index (χ2n) is 6.57. The van der Waals surface area contributed by atoms with Crippen LogP contribution in [0.1, 0.15) is 52.9 Å². The zero-order chi connectivity index (χ0) is 12.5. The third-order valence-electron chi connectivity index (χ3n) is 4.27. The van der Waals surface area contributed by atoms with Gasteiger partial charge in [-0.25, -0.2) is 0 Å². The van der Waals surface area contributed by atoms with E-state index in [-0.39, 0.29) is 5.54 Å². The summed E-state index contributed by atoms with van der Waals surface area (Å²) in [6, 6.07) is 0.418. The van der Waals surface area contributed by atoms with Crippen molar-refractivity contribution in [2.24, 2.45) is 5.92 Å². The smallest absolute Gasteiger partial charge is 0.223 e. The number of nitrogens with one attached hydrogen (secondary N) is 1. The van der Waals surface area contributed by atoms with E-state index in [2.05, 4.69) is 31.0 Å². The molecule has 1 aliphatic heterocycles. The average Bonchev–Trinajstić information content (AvgIpc) is 2.13. The molecule has 1 amide bonds. The predicted molar refractivity (Wildman–Crippen MR) is 69.8 cm³/mol. The molecule has 0 aromatic rings. The van der Waals surface area contributed by atoms with E-state index in [0.29, 0.717) is 17.9 Å². The Balaban J connectivity index is 1.73. The van der Waals surface area contributed by atoms with Crippen LogP contribution >= 0.6 is 0 Å². The van der Waals surface area contributed by atoms with E-state index in [4.69, 9.17) is 0 Å². The number of nitrogens with zero attached hydrogens (tertiary/aromatic N) is 1. The molecular formula is C14H26N2O. The molecule has 1 saturated heterocycles. The fourth-order valence-electron chi connectivity index (χ4n) is 2.68. The van der Waals surface area contributed by atoms with Gasteiger partial charge in [0.05, 0.1) is 0 Å².